The standard InChI is InChI=1S/C26H32N4OS/c1-16(2)23-27-24(22-20-10-9-17(3)15-21(20)32-25(22)28-23)29-11-13-30(14-12-29)26(31)19-8-6-5-7-18(19)4/h5-8,16-17H,9-15H2,1-4H3. The van der Waals surface area contributed by atoms with Crippen molar-refractivity contribution in [2.24, 2.45) is 5.92 Å². The highest BCUT2D eigenvalue weighted by molar-refractivity contribution is 7.19. The first kappa shape index (κ1) is 21.4. The van der Waals surface area contributed by atoms with Crippen molar-refractivity contribution in [1.82, 2.24) is 14.9 Å². The van der Waals surface area contributed by atoms with Gasteiger partial charge in [-0.05, 0) is 49.3 Å². The summed E-state index contributed by atoms with van der Waals surface area (Å²) in [6.07, 6.45) is 3.52. The Kier molecular flexibility index (Phi) is 5.66. The van der Waals surface area contributed by atoms with Crippen molar-refractivity contribution < 1.29 is 4.79 Å². The summed E-state index contributed by atoms with van der Waals surface area (Å²) in [6, 6.07) is 7.88. The van der Waals surface area contributed by atoms with Crippen molar-refractivity contribution in [2.75, 3.05) is 31.1 Å². The maximum absolute atomic E-state index is 13.1. The molecule has 168 valence electrons. The molecule has 5 rings (SSSR count). The van der Waals surface area contributed by atoms with Gasteiger partial charge in [0.05, 0.1) is 5.39 Å². The summed E-state index contributed by atoms with van der Waals surface area (Å²) in [5, 5.41) is 1.28. The minimum atomic E-state index is 0.139. The zero-order chi connectivity index (χ0) is 22.4. The average Bonchev–Trinajstić information content (AvgIpc) is 3.15. The Morgan fingerprint density at radius 1 is 1.12 bits per heavy atom. The largest absolute Gasteiger partial charge is 0.352 e. The quantitative estimate of drug-likeness (QED) is 0.552. The van der Waals surface area contributed by atoms with Gasteiger partial charge in [-0.25, -0.2) is 9.97 Å². The lowest BCUT2D eigenvalue weighted by Crippen LogP contribution is -2.49. The fourth-order valence-electron chi connectivity index (χ4n) is 4.93. The molecule has 2 aliphatic rings. The summed E-state index contributed by atoms with van der Waals surface area (Å²) in [5.74, 6) is 3.19. The SMILES string of the molecule is Cc1ccccc1C(=O)N1CCN(c2nc(C(C)C)nc3sc4c(c23)CCC(C)C4)CC1. The number of nitrogens with zero attached hydrogens (tertiary/aromatic N) is 4. The summed E-state index contributed by atoms with van der Waals surface area (Å²) >= 11 is 1.88. The van der Waals surface area contributed by atoms with Crippen LogP contribution in [0.25, 0.3) is 10.2 Å². The molecule has 0 N–H and O–H groups in total. The molecule has 3 aromatic rings. The summed E-state index contributed by atoms with van der Waals surface area (Å²) in [6.45, 7) is 11.8. The van der Waals surface area contributed by atoms with E-state index in [0.29, 0.717) is 5.92 Å². The molecule has 6 heteroatoms. The van der Waals surface area contributed by atoms with Gasteiger partial charge in [0.25, 0.3) is 5.91 Å². The average molecular weight is 449 g/mol. The lowest BCUT2D eigenvalue weighted by molar-refractivity contribution is 0.0746. The van der Waals surface area contributed by atoms with Crippen molar-refractivity contribution in [1.29, 1.82) is 0 Å². The highest BCUT2D eigenvalue weighted by atomic mass is 32.1. The first-order valence-electron chi connectivity index (χ1n) is 11.8. The van der Waals surface area contributed by atoms with E-state index in [1.807, 2.05) is 47.4 Å². The molecule has 1 aromatic carbocycles. The van der Waals surface area contributed by atoms with Gasteiger partial charge in [0.15, 0.2) is 0 Å². The van der Waals surface area contributed by atoms with Gasteiger partial charge in [0.2, 0.25) is 0 Å². The number of piperazine rings is 1. The van der Waals surface area contributed by atoms with Gasteiger partial charge in [-0.15, -0.1) is 11.3 Å². The number of aromatic nitrogens is 2. The van der Waals surface area contributed by atoms with E-state index in [9.17, 15) is 4.79 Å². The molecule has 1 amide bonds. The van der Waals surface area contributed by atoms with Gasteiger partial charge >= 0.3 is 0 Å². The summed E-state index contributed by atoms with van der Waals surface area (Å²) in [7, 11) is 0. The maximum Gasteiger partial charge on any atom is 0.254 e. The molecule has 1 aliphatic heterocycles. The topological polar surface area (TPSA) is 49.3 Å². The number of hydrogen-bond donors (Lipinski definition) is 0. The molecule has 0 saturated carbocycles. The van der Waals surface area contributed by atoms with Gasteiger partial charge in [0.1, 0.15) is 16.5 Å². The molecular weight excluding hydrogens is 416 g/mol. The fraction of sp³-hybridized carbons (Fsp3) is 0.500. The Hall–Kier alpha value is -2.47. The molecule has 1 aliphatic carbocycles. The van der Waals surface area contributed by atoms with Crippen LogP contribution in [-0.2, 0) is 12.8 Å². The van der Waals surface area contributed by atoms with Crippen LogP contribution in [0, 0.1) is 12.8 Å². The molecule has 1 unspecified atom stereocenters. The van der Waals surface area contributed by atoms with E-state index in [4.69, 9.17) is 9.97 Å². The van der Waals surface area contributed by atoms with Crippen LogP contribution in [0.2, 0.25) is 0 Å². The Bertz CT molecular complexity index is 1160. The molecule has 32 heavy (non-hydrogen) atoms. The van der Waals surface area contributed by atoms with E-state index < -0.39 is 0 Å². The molecule has 0 radical (unpaired) electrons. The predicted octanol–water partition coefficient (Wildman–Crippen LogP) is 5.21. The van der Waals surface area contributed by atoms with Crippen LogP contribution >= 0.6 is 11.3 Å². The van der Waals surface area contributed by atoms with Gasteiger partial charge in [-0.2, -0.15) is 0 Å². The number of benzene rings is 1. The van der Waals surface area contributed by atoms with Crippen LogP contribution in [0.1, 0.15) is 65.3 Å². The van der Waals surface area contributed by atoms with E-state index >= 15 is 0 Å². The molecule has 1 fully saturated rings. The maximum atomic E-state index is 13.1. The molecule has 0 spiro atoms. The Morgan fingerprint density at radius 3 is 2.59 bits per heavy atom. The second-order valence-corrected chi connectivity index (χ2v) is 10.8. The van der Waals surface area contributed by atoms with Crippen LogP contribution < -0.4 is 4.90 Å². The van der Waals surface area contributed by atoms with E-state index in [0.717, 1.165) is 72.5 Å². The van der Waals surface area contributed by atoms with Crippen LogP contribution in [-0.4, -0.2) is 47.0 Å². The number of hydrogen-bond acceptors (Lipinski definition) is 5. The smallest absolute Gasteiger partial charge is 0.254 e. The van der Waals surface area contributed by atoms with Crippen molar-refractivity contribution in [3.05, 3.63) is 51.7 Å². The van der Waals surface area contributed by atoms with Gasteiger partial charge < -0.3 is 9.80 Å². The Labute approximate surface area is 194 Å². The molecule has 0 bridgehead atoms. The lowest BCUT2D eigenvalue weighted by Gasteiger charge is -2.36. The summed E-state index contributed by atoms with van der Waals surface area (Å²) in [5.41, 5.74) is 3.33. The minimum absolute atomic E-state index is 0.139. The number of carbonyl (C=O) groups is 1. The monoisotopic (exact) mass is 448 g/mol. The van der Waals surface area contributed by atoms with Crippen molar-refractivity contribution >= 4 is 33.3 Å². The van der Waals surface area contributed by atoms with Crippen molar-refractivity contribution in [3.63, 3.8) is 0 Å². The highest BCUT2D eigenvalue weighted by Gasteiger charge is 2.29. The second kappa shape index (κ2) is 8.47. The molecule has 1 saturated heterocycles. The third-order valence-electron chi connectivity index (χ3n) is 6.91. The number of rotatable bonds is 3. The molecular formula is C26H32N4OS. The number of aryl methyl sites for hydroxylation is 2. The number of fused-ring (bicyclic) bond motifs is 3. The minimum Gasteiger partial charge on any atom is -0.352 e. The van der Waals surface area contributed by atoms with E-state index in [1.54, 1.807) is 0 Å². The zero-order valence-electron chi connectivity index (χ0n) is 19.5. The highest BCUT2D eigenvalue weighted by Crippen LogP contribution is 2.41. The van der Waals surface area contributed by atoms with Crippen molar-refractivity contribution in [3.8, 4) is 0 Å². The third kappa shape index (κ3) is 3.79. The number of anilines is 1. The first-order chi connectivity index (χ1) is 15.4. The predicted molar refractivity (Wildman–Crippen MR) is 132 cm³/mol. The fourth-order valence-corrected chi connectivity index (χ4v) is 6.32. The van der Waals surface area contributed by atoms with E-state index in [2.05, 4.69) is 25.7 Å². The summed E-state index contributed by atoms with van der Waals surface area (Å²) < 4.78 is 0. The van der Waals surface area contributed by atoms with Crippen molar-refractivity contribution in [2.45, 2.75) is 52.9 Å². The lowest BCUT2D eigenvalue weighted by atomic mass is 9.89. The number of amides is 1. The van der Waals surface area contributed by atoms with Crippen LogP contribution in [0.5, 0.6) is 0 Å². The Morgan fingerprint density at radius 2 is 1.88 bits per heavy atom. The van der Waals surface area contributed by atoms with Crippen LogP contribution in [0.3, 0.4) is 0 Å². The number of carbonyl (C=O) groups excluding carboxylic acids is 1. The molecule has 5 nitrogen and oxygen atoms in total. The Balaban J connectivity index is 1.45. The van der Waals surface area contributed by atoms with Gasteiger partial charge in [-0.1, -0.05) is 39.0 Å². The van der Waals surface area contributed by atoms with Gasteiger partial charge in [0, 0.05) is 42.5 Å². The molecule has 3 heterocycles. The number of thiophene rings is 1. The molecule has 1 atom stereocenters. The zero-order valence-corrected chi connectivity index (χ0v) is 20.3. The van der Waals surface area contributed by atoms with Crippen LogP contribution in [0.15, 0.2) is 24.3 Å². The van der Waals surface area contributed by atoms with E-state index in [-0.39, 0.29) is 5.91 Å². The first-order valence-corrected chi connectivity index (χ1v) is 12.7. The second-order valence-electron chi connectivity index (χ2n) is 9.69. The molecule has 2 aromatic heterocycles. The normalized spacial score (nSPS) is 19.0. The van der Waals surface area contributed by atoms with E-state index in [1.165, 1.54) is 22.2 Å². The van der Waals surface area contributed by atoms with Crippen LogP contribution in [0.4, 0.5) is 5.82 Å². The van der Waals surface area contributed by atoms with Gasteiger partial charge in [-0.3, -0.25) is 4.79 Å². The summed E-state index contributed by atoms with van der Waals surface area (Å²) in [4.78, 5) is 30.2. The third-order valence-corrected chi connectivity index (χ3v) is 8.06.